The van der Waals surface area contributed by atoms with E-state index in [0.717, 1.165) is 36.5 Å². The highest BCUT2D eigenvalue weighted by Crippen LogP contribution is 2.29. The van der Waals surface area contributed by atoms with Crippen LogP contribution in [0.3, 0.4) is 0 Å². The van der Waals surface area contributed by atoms with Gasteiger partial charge in [0, 0.05) is 18.8 Å². The number of hydrogen-bond acceptors (Lipinski definition) is 7. The van der Waals surface area contributed by atoms with Crippen molar-refractivity contribution in [3.05, 3.63) is 40.6 Å². The summed E-state index contributed by atoms with van der Waals surface area (Å²) in [6.07, 6.45) is 2.28. The second-order valence-electron chi connectivity index (χ2n) is 4.53. The van der Waals surface area contributed by atoms with Crippen LogP contribution in [-0.2, 0) is 0 Å². The first-order valence-electron chi connectivity index (χ1n) is 7.01. The molecule has 1 aromatic carbocycles. The Hall–Kier alpha value is -2.35. The van der Waals surface area contributed by atoms with E-state index in [2.05, 4.69) is 34.0 Å². The number of thiazole rings is 1. The van der Waals surface area contributed by atoms with Crippen molar-refractivity contribution in [2.75, 3.05) is 18.0 Å². The van der Waals surface area contributed by atoms with Crippen molar-refractivity contribution in [1.29, 1.82) is 0 Å². The van der Waals surface area contributed by atoms with Crippen LogP contribution in [0.25, 0.3) is 0 Å². The topological polar surface area (TPSA) is 84.0 Å². The number of hydrogen-bond donors (Lipinski definition) is 0. The molecule has 0 fully saturated rings. The van der Waals surface area contributed by atoms with E-state index in [1.807, 2.05) is 24.3 Å². The molecule has 2 rings (SSSR count). The van der Waals surface area contributed by atoms with E-state index in [0.29, 0.717) is 5.69 Å². The number of anilines is 1. The smallest absolute Gasteiger partial charge is 0.345 e. The molecule has 0 radical (unpaired) electrons. The van der Waals surface area contributed by atoms with Gasteiger partial charge in [0.15, 0.2) is 0 Å². The van der Waals surface area contributed by atoms with Crippen molar-refractivity contribution < 1.29 is 4.92 Å². The number of azo groups is 1. The third-order valence-electron chi connectivity index (χ3n) is 3.00. The maximum atomic E-state index is 10.6. The molecule has 8 heteroatoms. The third-order valence-corrected chi connectivity index (χ3v) is 3.84. The summed E-state index contributed by atoms with van der Waals surface area (Å²) in [7, 11) is 0. The van der Waals surface area contributed by atoms with E-state index in [1.54, 1.807) is 0 Å². The van der Waals surface area contributed by atoms with Gasteiger partial charge in [-0.3, -0.25) is 10.1 Å². The van der Waals surface area contributed by atoms with E-state index in [4.69, 9.17) is 0 Å². The molecule has 0 bridgehead atoms. The van der Waals surface area contributed by atoms with Crippen molar-refractivity contribution in [3.63, 3.8) is 0 Å². The minimum atomic E-state index is -0.488. The Morgan fingerprint density at radius 1 is 1.27 bits per heavy atom. The SMILES string of the molecule is CCCN(CC)c1ccc(/N=N/c2ncc([N+](=O)[O-])s2)cc1. The molecule has 0 unspecified atom stereocenters. The Labute approximate surface area is 132 Å². The lowest BCUT2D eigenvalue weighted by Gasteiger charge is -2.22. The van der Waals surface area contributed by atoms with Gasteiger partial charge in [-0.15, -0.1) is 10.2 Å². The van der Waals surface area contributed by atoms with Crippen LogP contribution < -0.4 is 4.90 Å². The first-order valence-corrected chi connectivity index (χ1v) is 7.82. The number of nitro groups is 1. The molecule has 7 nitrogen and oxygen atoms in total. The summed E-state index contributed by atoms with van der Waals surface area (Å²) in [4.78, 5) is 16.2. The minimum absolute atomic E-state index is 0.0394. The second-order valence-corrected chi connectivity index (χ2v) is 5.52. The van der Waals surface area contributed by atoms with Gasteiger partial charge in [0.05, 0.1) is 10.6 Å². The van der Waals surface area contributed by atoms with Crippen LogP contribution >= 0.6 is 11.3 Å². The Kier molecular flexibility index (Phi) is 5.54. The highest BCUT2D eigenvalue weighted by atomic mass is 32.1. The number of rotatable bonds is 7. The van der Waals surface area contributed by atoms with E-state index in [1.165, 1.54) is 6.20 Å². The van der Waals surface area contributed by atoms with Crippen molar-refractivity contribution >= 4 is 32.8 Å². The van der Waals surface area contributed by atoms with Gasteiger partial charge in [0.2, 0.25) is 5.13 Å². The van der Waals surface area contributed by atoms with Gasteiger partial charge >= 0.3 is 5.00 Å². The summed E-state index contributed by atoms with van der Waals surface area (Å²) in [5.74, 6) is 0. The van der Waals surface area contributed by atoms with Crippen LogP contribution in [0.2, 0.25) is 0 Å². The van der Waals surface area contributed by atoms with Gasteiger partial charge < -0.3 is 4.90 Å². The maximum absolute atomic E-state index is 10.6. The van der Waals surface area contributed by atoms with E-state index in [-0.39, 0.29) is 10.1 Å². The standard InChI is InChI=1S/C14H17N5O2S/c1-3-9-18(4-2)12-7-5-11(6-8-12)16-17-14-15-10-13(22-14)19(20)21/h5-8,10H,3-4,9H2,1-2H3/b17-16+. The molecule has 0 saturated carbocycles. The fraction of sp³-hybridized carbons (Fsp3) is 0.357. The van der Waals surface area contributed by atoms with Gasteiger partial charge in [-0.05, 0) is 48.9 Å². The molecule has 0 saturated heterocycles. The molecule has 1 heterocycles. The zero-order valence-electron chi connectivity index (χ0n) is 12.5. The van der Waals surface area contributed by atoms with Crippen LogP contribution in [0.15, 0.2) is 40.7 Å². The lowest BCUT2D eigenvalue weighted by Crippen LogP contribution is -2.23. The summed E-state index contributed by atoms with van der Waals surface area (Å²) in [5, 5.41) is 18.8. The molecule has 2 aromatic rings. The van der Waals surface area contributed by atoms with Gasteiger partial charge in [0.25, 0.3) is 0 Å². The molecule has 0 atom stereocenters. The molecule has 0 spiro atoms. The first kappa shape index (κ1) is 16.0. The largest absolute Gasteiger partial charge is 0.372 e. The Morgan fingerprint density at radius 2 is 2.00 bits per heavy atom. The van der Waals surface area contributed by atoms with E-state index >= 15 is 0 Å². The molecule has 116 valence electrons. The fourth-order valence-corrected chi connectivity index (χ4v) is 2.51. The summed E-state index contributed by atoms with van der Waals surface area (Å²) in [5.41, 5.74) is 1.84. The molecule has 0 aliphatic rings. The monoisotopic (exact) mass is 319 g/mol. The normalized spacial score (nSPS) is 11.0. The predicted octanol–water partition coefficient (Wildman–Crippen LogP) is 4.70. The Bertz CT molecular complexity index is 654. The molecule has 0 N–H and O–H groups in total. The van der Waals surface area contributed by atoms with Crippen LogP contribution in [0.1, 0.15) is 20.3 Å². The van der Waals surface area contributed by atoms with Crippen molar-refractivity contribution in [2.45, 2.75) is 20.3 Å². The van der Waals surface area contributed by atoms with Crippen molar-refractivity contribution in [3.8, 4) is 0 Å². The van der Waals surface area contributed by atoms with Crippen LogP contribution in [0.5, 0.6) is 0 Å². The molecule has 1 aromatic heterocycles. The fourth-order valence-electron chi connectivity index (χ4n) is 1.96. The zero-order valence-corrected chi connectivity index (χ0v) is 13.3. The Balaban J connectivity index is 2.06. The molecule has 22 heavy (non-hydrogen) atoms. The first-order chi connectivity index (χ1) is 10.6. The third kappa shape index (κ3) is 4.08. The van der Waals surface area contributed by atoms with E-state index in [9.17, 15) is 10.1 Å². The van der Waals surface area contributed by atoms with Gasteiger partial charge in [-0.2, -0.15) is 0 Å². The summed E-state index contributed by atoms with van der Waals surface area (Å²) < 4.78 is 0. The lowest BCUT2D eigenvalue weighted by atomic mass is 10.2. The number of aromatic nitrogens is 1. The van der Waals surface area contributed by atoms with Gasteiger partial charge in [-0.25, -0.2) is 4.98 Å². The predicted molar refractivity (Wildman–Crippen MR) is 87.6 cm³/mol. The van der Waals surface area contributed by atoms with Crippen LogP contribution in [0.4, 0.5) is 21.5 Å². The summed E-state index contributed by atoms with van der Waals surface area (Å²) in [6, 6.07) is 7.74. The van der Waals surface area contributed by atoms with Crippen molar-refractivity contribution in [2.24, 2.45) is 10.2 Å². The van der Waals surface area contributed by atoms with Crippen molar-refractivity contribution in [1.82, 2.24) is 4.98 Å². The maximum Gasteiger partial charge on any atom is 0.345 e. The average molecular weight is 319 g/mol. The van der Waals surface area contributed by atoms with Crippen LogP contribution in [-0.4, -0.2) is 23.0 Å². The lowest BCUT2D eigenvalue weighted by molar-refractivity contribution is -0.380. The average Bonchev–Trinajstić information content (AvgIpc) is 3.00. The number of nitrogens with zero attached hydrogens (tertiary/aromatic N) is 5. The highest BCUT2D eigenvalue weighted by molar-refractivity contribution is 7.18. The quantitative estimate of drug-likeness (QED) is 0.420. The Morgan fingerprint density at radius 3 is 2.55 bits per heavy atom. The molecule has 0 amide bonds. The minimum Gasteiger partial charge on any atom is -0.372 e. The highest BCUT2D eigenvalue weighted by Gasteiger charge is 2.10. The number of benzene rings is 1. The molecular weight excluding hydrogens is 302 g/mol. The van der Waals surface area contributed by atoms with Gasteiger partial charge in [0.1, 0.15) is 6.20 Å². The molecule has 0 aliphatic carbocycles. The molecule has 0 aliphatic heterocycles. The molecular formula is C14H17N5O2S. The summed E-state index contributed by atoms with van der Waals surface area (Å²) >= 11 is 0.900. The zero-order chi connectivity index (χ0) is 15.9. The second kappa shape index (κ2) is 7.60. The van der Waals surface area contributed by atoms with E-state index < -0.39 is 4.92 Å². The van der Waals surface area contributed by atoms with Crippen LogP contribution in [0, 0.1) is 10.1 Å². The van der Waals surface area contributed by atoms with Gasteiger partial charge in [-0.1, -0.05) is 6.92 Å². The summed E-state index contributed by atoms with van der Waals surface area (Å²) in [6.45, 7) is 6.24.